The quantitative estimate of drug-likeness (QED) is 0.574. The number of benzene rings is 2. The van der Waals surface area contributed by atoms with Gasteiger partial charge in [-0.15, -0.1) is 5.10 Å². The van der Waals surface area contributed by atoms with Crippen LogP contribution >= 0.6 is 0 Å². The van der Waals surface area contributed by atoms with Gasteiger partial charge in [0.05, 0.1) is 0 Å². The predicted molar refractivity (Wildman–Crippen MR) is 98.1 cm³/mol. The molecule has 1 aliphatic carbocycles. The maximum atomic E-state index is 14.1. The first-order chi connectivity index (χ1) is 13.7. The molecule has 4 aromatic rings. The van der Waals surface area contributed by atoms with Gasteiger partial charge in [-0.25, -0.2) is 13.9 Å². The topological polar surface area (TPSA) is 83.1 Å². The van der Waals surface area contributed by atoms with Gasteiger partial charge < -0.3 is 0 Å². The summed E-state index contributed by atoms with van der Waals surface area (Å²) in [5, 5.41) is 21.2. The SMILES string of the molecule is Fc1ccc(C2(c3ccccc3)C=Cc3c(-c4nnn[nH]4)n[nH]c3C2)cc1F. The Bertz CT molecular complexity index is 1170. The molecule has 6 nitrogen and oxygen atoms in total. The fourth-order valence-electron chi connectivity index (χ4n) is 3.78. The lowest BCUT2D eigenvalue weighted by atomic mass is 9.68. The largest absolute Gasteiger partial charge is 0.281 e. The van der Waals surface area contributed by atoms with Gasteiger partial charge in [0.2, 0.25) is 5.82 Å². The van der Waals surface area contributed by atoms with Crippen molar-refractivity contribution < 1.29 is 8.78 Å². The fourth-order valence-corrected chi connectivity index (χ4v) is 3.78. The molecule has 0 fully saturated rings. The molecule has 138 valence electrons. The summed E-state index contributed by atoms with van der Waals surface area (Å²) in [4.78, 5) is 0. The monoisotopic (exact) mass is 376 g/mol. The number of rotatable bonds is 3. The lowest BCUT2D eigenvalue weighted by molar-refractivity contribution is 0.502. The number of halogens is 2. The fraction of sp³-hybridized carbons (Fsp3) is 0.100. The van der Waals surface area contributed by atoms with Gasteiger partial charge in [0, 0.05) is 23.1 Å². The van der Waals surface area contributed by atoms with Crippen LogP contribution in [0.15, 0.2) is 54.6 Å². The Kier molecular flexibility index (Phi) is 3.65. The van der Waals surface area contributed by atoms with E-state index in [2.05, 4.69) is 30.8 Å². The van der Waals surface area contributed by atoms with E-state index in [1.807, 2.05) is 42.5 Å². The molecule has 0 spiro atoms. The van der Waals surface area contributed by atoms with Crippen LogP contribution in [0.2, 0.25) is 0 Å². The van der Waals surface area contributed by atoms with Gasteiger partial charge in [0.1, 0.15) is 5.69 Å². The number of nitrogens with one attached hydrogen (secondary N) is 2. The van der Waals surface area contributed by atoms with E-state index >= 15 is 0 Å². The number of aromatic nitrogens is 6. The lowest BCUT2D eigenvalue weighted by Gasteiger charge is -2.34. The standard InChI is InChI=1S/C20H14F2N6/c21-15-7-6-13(10-16(15)22)20(12-4-2-1-3-5-12)9-8-14-17(11-20)23-24-18(14)19-25-27-28-26-19/h1-10H,11H2,(H,23,24)(H,25,26,27,28). The number of hydrogen-bond acceptors (Lipinski definition) is 4. The Morgan fingerprint density at radius 3 is 2.54 bits per heavy atom. The van der Waals surface area contributed by atoms with Crippen molar-refractivity contribution >= 4 is 6.08 Å². The second-order valence-corrected chi connectivity index (χ2v) is 6.69. The smallest absolute Gasteiger partial charge is 0.200 e. The Balaban J connectivity index is 1.68. The maximum absolute atomic E-state index is 14.1. The van der Waals surface area contributed by atoms with Crippen LogP contribution in [-0.2, 0) is 11.8 Å². The van der Waals surface area contributed by atoms with Crippen molar-refractivity contribution in [1.82, 2.24) is 30.8 Å². The van der Waals surface area contributed by atoms with E-state index in [1.165, 1.54) is 6.07 Å². The molecule has 1 atom stereocenters. The molecule has 2 N–H and O–H groups in total. The zero-order chi connectivity index (χ0) is 19.1. The van der Waals surface area contributed by atoms with Crippen LogP contribution in [0.1, 0.15) is 22.4 Å². The number of aromatic amines is 2. The minimum Gasteiger partial charge on any atom is -0.281 e. The molecular formula is C20H14F2N6. The molecule has 0 radical (unpaired) electrons. The predicted octanol–water partition coefficient (Wildman–Crippen LogP) is 3.42. The average molecular weight is 376 g/mol. The van der Waals surface area contributed by atoms with E-state index in [4.69, 9.17) is 0 Å². The Labute approximate surface area is 158 Å². The molecule has 0 saturated carbocycles. The van der Waals surface area contributed by atoms with Gasteiger partial charge in [0.15, 0.2) is 11.6 Å². The molecule has 8 heteroatoms. The molecule has 2 aromatic heterocycles. The van der Waals surface area contributed by atoms with E-state index < -0.39 is 17.0 Å². The molecule has 0 aliphatic heterocycles. The summed E-state index contributed by atoms with van der Waals surface area (Å²) in [6, 6.07) is 13.8. The lowest BCUT2D eigenvalue weighted by Crippen LogP contribution is -2.30. The molecule has 5 rings (SSSR count). The van der Waals surface area contributed by atoms with Crippen molar-refractivity contribution in [3.63, 3.8) is 0 Å². The number of nitrogens with zero attached hydrogens (tertiary/aromatic N) is 4. The van der Waals surface area contributed by atoms with Gasteiger partial charge in [-0.3, -0.25) is 5.10 Å². The van der Waals surface area contributed by atoms with E-state index in [0.717, 1.165) is 22.9 Å². The zero-order valence-corrected chi connectivity index (χ0v) is 14.5. The van der Waals surface area contributed by atoms with Crippen LogP contribution in [0.25, 0.3) is 17.6 Å². The molecule has 0 amide bonds. The molecule has 1 aliphatic rings. The van der Waals surface area contributed by atoms with Crippen LogP contribution in [0.5, 0.6) is 0 Å². The summed E-state index contributed by atoms with van der Waals surface area (Å²) in [5.41, 5.74) is 3.32. The highest BCUT2D eigenvalue weighted by Gasteiger charge is 2.37. The van der Waals surface area contributed by atoms with Crippen LogP contribution < -0.4 is 0 Å². The summed E-state index contributed by atoms with van der Waals surface area (Å²) in [5.74, 6) is -1.28. The average Bonchev–Trinajstić information content (AvgIpc) is 3.39. The number of hydrogen-bond donors (Lipinski definition) is 2. The molecule has 2 heterocycles. The first-order valence-electron chi connectivity index (χ1n) is 8.69. The van der Waals surface area contributed by atoms with Gasteiger partial charge in [0.25, 0.3) is 0 Å². The molecule has 1 unspecified atom stereocenters. The third kappa shape index (κ3) is 2.45. The van der Waals surface area contributed by atoms with Crippen LogP contribution in [0, 0.1) is 11.6 Å². The summed E-state index contributed by atoms with van der Waals surface area (Å²) in [6.45, 7) is 0. The molecular weight excluding hydrogens is 362 g/mol. The second kappa shape index (κ2) is 6.19. The van der Waals surface area contributed by atoms with E-state index in [9.17, 15) is 8.78 Å². The van der Waals surface area contributed by atoms with Crippen molar-refractivity contribution in [2.75, 3.05) is 0 Å². The molecule has 28 heavy (non-hydrogen) atoms. The van der Waals surface area contributed by atoms with E-state index in [1.54, 1.807) is 6.07 Å². The van der Waals surface area contributed by atoms with Crippen LogP contribution in [-0.4, -0.2) is 30.8 Å². The van der Waals surface area contributed by atoms with Crippen molar-refractivity contribution in [3.05, 3.63) is 88.6 Å². The van der Waals surface area contributed by atoms with E-state index in [-0.39, 0.29) is 0 Å². The Morgan fingerprint density at radius 2 is 1.79 bits per heavy atom. The third-order valence-corrected chi connectivity index (χ3v) is 5.17. The number of H-pyrrole nitrogens is 2. The Morgan fingerprint density at radius 1 is 0.929 bits per heavy atom. The summed E-state index contributed by atoms with van der Waals surface area (Å²) in [6.07, 6.45) is 4.43. The summed E-state index contributed by atoms with van der Waals surface area (Å²) >= 11 is 0. The van der Waals surface area contributed by atoms with E-state index in [0.29, 0.717) is 23.5 Å². The summed E-state index contributed by atoms with van der Waals surface area (Å²) < 4.78 is 27.6. The van der Waals surface area contributed by atoms with Crippen molar-refractivity contribution in [2.45, 2.75) is 11.8 Å². The first-order valence-corrected chi connectivity index (χ1v) is 8.69. The highest BCUT2D eigenvalue weighted by atomic mass is 19.2. The maximum Gasteiger partial charge on any atom is 0.200 e. The van der Waals surface area contributed by atoms with Gasteiger partial charge in [-0.05, 0) is 33.7 Å². The zero-order valence-electron chi connectivity index (χ0n) is 14.5. The van der Waals surface area contributed by atoms with Crippen LogP contribution in [0.4, 0.5) is 8.78 Å². The normalized spacial score (nSPS) is 18.2. The van der Waals surface area contributed by atoms with Gasteiger partial charge in [-0.2, -0.15) is 5.10 Å². The van der Waals surface area contributed by atoms with Crippen LogP contribution in [0.3, 0.4) is 0 Å². The first kappa shape index (κ1) is 16.5. The number of allylic oxidation sites excluding steroid dienone is 1. The number of fused-ring (bicyclic) bond motifs is 1. The van der Waals surface area contributed by atoms with Crippen molar-refractivity contribution in [2.24, 2.45) is 0 Å². The second-order valence-electron chi connectivity index (χ2n) is 6.69. The number of tetrazole rings is 1. The minimum absolute atomic E-state index is 0.460. The highest BCUT2D eigenvalue weighted by molar-refractivity contribution is 5.73. The molecule has 0 saturated heterocycles. The van der Waals surface area contributed by atoms with Crippen molar-refractivity contribution in [1.29, 1.82) is 0 Å². The molecule has 2 aromatic carbocycles. The molecule has 0 bridgehead atoms. The van der Waals surface area contributed by atoms with Gasteiger partial charge in [-0.1, -0.05) is 48.6 Å². The Hall–Kier alpha value is -3.68. The van der Waals surface area contributed by atoms with Crippen molar-refractivity contribution in [3.8, 4) is 11.5 Å². The summed E-state index contributed by atoms with van der Waals surface area (Å²) in [7, 11) is 0. The highest BCUT2D eigenvalue weighted by Crippen LogP contribution is 2.42. The minimum atomic E-state index is -0.870. The van der Waals surface area contributed by atoms with Gasteiger partial charge >= 0.3 is 0 Å². The third-order valence-electron chi connectivity index (χ3n) is 5.17.